The molecule has 0 N–H and O–H groups in total. The van der Waals surface area contributed by atoms with Crippen molar-refractivity contribution in [3.63, 3.8) is 0 Å². The molecule has 2 aromatic rings. The van der Waals surface area contributed by atoms with E-state index in [0.717, 1.165) is 11.5 Å². The molecule has 0 fully saturated rings. The lowest BCUT2D eigenvalue weighted by Gasteiger charge is -2.13. The number of carbonyl (C=O) groups excluding carboxylic acids is 1. The molecule has 0 saturated carbocycles. The van der Waals surface area contributed by atoms with Crippen LogP contribution in [0.3, 0.4) is 0 Å². The first-order valence-electron chi connectivity index (χ1n) is 6.37. The SMILES string of the molecule is O=C(OCC1COc2cscc2OC1)c1ccccc1. The van der Waals surface area contributed by atoms with E-state index in [2.05, 4.69) is 0 Å². The smallest absolute Gasteiger partial charge is 0.338 e. The van der Waals surface area contributed by atoms with Crippen LogP contribution in [0.15, 0.2) is 41.1 Å². The van der Waals surface area contributed by atoms with Gasteiger partial charge in [0.05, 0.1) is 24.7 Å². The molecule has 0 bridgehead atoms. The molecule has 20 heavy (non-hydrogen) atoms. The van der Waals surface area contributed by atoms with E-state index < -0.39 is 0 Å². The van der Waals surface area contributed by atoms with Crippen molar-refractivity contribution in [1.29, 1.82) is 0 Å². The van der Waals surface area contributed by atoms with Gasteiger partial charge in [0.25, 0.3) is 0 Å². The Morgan fingerprint density at radius 2 is 1.80 bits per heavy atom. The molecule has 1 aliphatic heterocycles. The molecule has 1 aromatic carbocycles. The average Bonchev–Trinajstić information content (AvgIpc) is 2.86. The Hall–Kier alpha value is -2.01. The average molecular weight is 290 g/mol. The zero-order valence-electron chi connectivity index (χ0n) is 10.8. The number of esters is 1. The van der Waals surface area contributed by atoms with Crippen LogP contribution in [0.5, 0.6) is 11.5 Å². The molecule has 104 valence electrons. The number of ether oxygens (including phenoxy) is 3. The summed E-state index contributed by atoms with van der Waals surface area (Å²) in [4.78, 5) is 11.8. The standard InChI is InChI=1S/C15H14O4S/c16-15(12-4-2-1-3-5-12)19-8-11-6-17-13-9-20-10-14(13)18-7-11/h1-5,9-11H,6-8H2. The Bertz CT molecular complexity index is 556. The fraction of sp³-hybridized carbons (Fsp3) is 0.267. The fourth-order valence-corrected chi connectivity index (χ4v) is 2.58. The predicted octanol–water partition coefficient (Wildman–Crippen LogP) is 2.99. The highest BCUT2D eigenvalue weighted by atomic mass is 32.1. The fourth-order valence-electron chi connectivity index (χ4n) is 1.89. The van der Waals surface area contributed by atoms with Gasteiger partial charge in [-0.3, -0.25) is 0 Å². The Morgan fingerprint density at radius 1 is 1.15 bits per heavy atom. The second-order valence-corrected chi connectivity index (χ2v) is 5.30. The molecule has 0 saturated heterocycles. The zero-order valence-corrected chi connectivity index (χ0v) is 11.6. The summed E-state index contributed by atoms with van der Waals surface area (Å²) in [5.74, 6) is 1.27. The molecular weight excluding hydrogens is 276 g/mol. The van der Waals surface area contributed by atoms with Crippen LogP contribution in [0.2, 0.25) is 0 Å². The summed E-state index contributed by atoms with van der Waals surface area (Å²) in [6.45, 7) is 1.28. The Kier molecular flexibility index (Phi) is 3.87. The summed E-state index contributed by atoms with van der Waals surface area (Å²) in [6.07, 6.45) is 0. The molecular formula is C15H14O4S. The van der Waals surface area contributed by atoms with Crippen molar-refractivity contribution < 1.29 is 19.0 Å². The van der Waals surface area contributed by atoms with Gasteiger partial charge in [0, 0.05) is 10.8 Å². The molecule has 0 atom stereocenters. The molecule has 1 aromatic heterocycles. The van der Waals surface area contributed by atoms with Crippen LogP contribution in [0, 0.1) is 5.92 Å². The van der Waals surface area contributed by atoms with E-state index in [0.29, 0.717) is 25.4 Å². The predicted molar refractivity (Wildman–Crippen MR) is 75.5 cm³/mol. The lowest BCUT2D eigenvalue weighted by atomic mass is 10.2. The van der Waals surface area contributed by atoms with E-state index in [1.54, 1.807) is 23.5 Å². The van der Waals surface area contributed by atoms with Gasteiger partial charge in [0.15, 0.2) is 11.5 Å². The van der Waals surface area contributed by atoms with Gasteiger partial charge in [-0.1, -0.05) is 18.2 Å². The maximum Gasteiger partial charge on any atom is 0.338 e. The van der Waals surface area contributed by atoms with Gasteiger partial charge < -0.3 is 14.2 Å². The Balaban J connectivity index is 1.52. The van der Waals surface area contributed by atoms with Gasteiger partial charge in [-0.05, 0) is 12.1 Å². The van der Waals surface area contributed by atoms with E-state index in [9.17, 15) is 4.79 Å². The van der Waals surface area contributed by atoms with Crippen molar-refractivity contribution in [2.75, 3.05) is 19.8 Å². The molecule has 0 unspecified atom stereocenters. The van der Waals surface area contributed by atoms with Crippen LogP contribution in [0.25, 0.3) is 0 Å². The first kappa shape index (κ1) is 13.0. The Labute approximate surface area is 120 Å². The van der Waals surface area contributed by atoms with Crippen LogP contribution < -0.4 is 9.47 Å². The number of rotatable bonds is 3. The summed E-state index contributed by atoms with van der Waals surface area (Å²) in [6, 6.07) is 8.96. The molecule has 1 aliphatic rings. The molecule has 0 amide bonds. The number of fused-ring (bicyclic) bond motifs is 1. The van der Waals surface area contributed by atoms with Crippen molar-refractivity contribution in [3.05, 3.63) is 46.7 Å². The van der Waals surface area contributed by atoms with Crippen LogP contribution >= 0.6 is 11.3 Å². The van der Waals surface area contributed by atoms with Crippen molar-refractivity contribution in [3.8, 4) is 11.5 Å². The monoisotopic (exact) mass is 290 g/mol. The van der Waals surface area contributed by atoms with Crippen LogP contribution in [0.1, 0.15) is 10.4 Å². The molecule has 2 heterocycles. The van der Waals surface area contributed by atoms with Crippen molar-refractivity contribution >= 4 is 17.3 Å². The number of hydrogen-bond acceptors (Lipinski definition) is 5. The summed E-state index contributed by atoms with van der Waals surface area (Å²) in [5.41, 5.74) is 0.557. The van der Waals surface area contributed by atoms with Crippen molar-refractivity contribution in [2.45, 2.75) is 0 Å². The summed E-state index contributed by atoms with van der Waals surface area (Å²) >= 11 is 1.55. The largest absolute Gasteiger partial charge is 0.488 e. The third-order valence-electron chi connectivity index (χ3n) is 3.00. The van der Waals surface area contributed by atoms with Crippen LogP contribution in [-0.2, 0) is 4.74 Å². The normalized spacial score (nSPS) is 14.6. The molecule has 0 aliphatic carbocycles. The van der Waals surface area contributed by atoms with E-state index >= 15 is 0 Å². The quantitative estimate of drug-likeness (QED) is 0.815. The highest BCUT2D eigenvalue weighted by Crippen LogP contribution is 2.34. The summed E-state index contributed by atoms with van der Waals surface area (Å²) in [5, 5.41) is 3.82. The number of hydrogen-bond donors (Lipinski definition) is 0. The third-order valence-corrected chi connectivity index (χ3v) is 3.70. The minimum absolute atomic E-state index is 0.0417. The van der Waals surface area contributed by atoms with Crippen molar-refractivity contribution in [2.24, 2.45) is 5.92 Å². The maximum absolute atomic E-state index is 11.8. The van der Waals surface area contributed by atoms with E-state index in [1.807, 2.05) is 29.0 Å². The van der Waals surface area contributed by atoms with Crippen LogP contribution in [-0.4, -0.2) is 25.8 Å². The third kappa shape index (κ3) is 2.93. The summed E-state index contributed by atoms with van der Waals surface area (Å²) in [7, 11) is 0. The van der Waals surface area contributed by atoms with E-state index in [1.165, 1.54) is 0 Å². The lowest BCUT2D eigenvalue weighted by molar-refractivity contribution is 0.0366. The van der Waals surface area contributed by atoms with Gasteiger partial charge in [-0.25, -0.2) is 4.79 Å². The first-order chi connectivity index (χ1) is 9.83. The highest BCUT2D eigenvalue weighted by molar-refractivity contribution is 7.08. The Morgan fingerprint density at radius 3 is 2.45 bits per heavy atom. The molecule has 3 rings (SSSR count). The summed E-state index contributed by atoms with van der Waals surface area (Å²) < 4.78 is 16.6. The van der Waals surface area contributed by atoms with E-state index in [-0.39, 0.29) is 11.9 Å². The molecule has 0 radical (unpaired) electrons. The van der Waals surface area contributed by atoms with E-state index in [4.69, 9.17) is 14.2 Å². The minimum Gasteiger partial charge on any atom is -0.488 e. The first-order valence-corrected chi connectivity index (χ1v) is 7.31. The second kappa shape index (κ2) is 5.96. The van der Waals surface area contributed by atoms with Gasteiger partial charge in [0.2, 0.25) is 0 Å². The number of benzene rings is 1. The number of carbonyl (C=O) groups is 1. The number of thiophene rings is 1. The van der Waals surface area contributed by atoms with Gasteiger partial charge in [0.1, 0.15) is 6.61 Å². The maximum atomic E-state index is 11.8. The highest BCUT2D eigenvalue weighted by Gasteiger charge is 2.20. The molecule has 4 nitrogen and oxygen atoms in total. The molecule has 5 heteroatoms. The topological polar surface area (TPSA) is 44.8 Å². The van der Waals surface area contributed by atoms with Gasteiger partial charge >= 0.3 is 5.97 Å². The second-order valence-electron chi connectivity index (χ2n) is 4.55. The van der Waals surface area contributed by atoms with Gasteiger partial charge in [-0.2, -0.15) is 0 Å². The van der Waals surface area contributed by atoms with Gasteiger partial charge in [-0.15, -0.1) is 11.3 Å². The van der Waals surface area contributed by atoms with Crippen LogP contribution in [0.4, 0.5) is 0 Å². The molecule has 0 spiro atoms. The lowest BCUT2D eigenvalue weighted by Crippen LogP contribution is -2.24. The zero-order chi connectivity index (χ0) is 13.8. The van der Waals surface area contributed by atoms with Crippen molar-refractivity contribution in [1.82, 2.24) is 0 Å². The minimum atomic E-state index is -0.316.